The first-order valence-electron chi connectivity index (χ1n) is 11.3. The van der Waals surface area contributed by atoms with Crippen LogP contribution in [-0.2, 0) is 6.54 Å². The molecule has 7 heteroatoms. The Morgan fingerprint density at radius 3 is 2.53 bits per heavy atom. The second-order valence-electron chi connectivity index (χ2n) is 7.89. The SMILES string of the molecule is COc1cccc(C(=O)NC(C)c2nc3ccccc3n2CCCOc2ccccc2OC)c1. The van der Waals surface area contributed by atoms with E-state index in [1.54, 1.807) is 32.4 Å². The number of para-hydroxylation sites is 4. The summed E-state index contributed by atoms with van der Waals surface area (Å²) in [6, 6.07) is 22.4. The lowest BCUT2D eigenvalue weighted by atomic mass is 10.2. The number of hydrogen-bond donors (Lipinski definition) is 1. The number of carbonyl (C=O) groups excluding carboxylic acids is 1. The fraction of sp³-hybridized carbons (Fsp3) is 0.259. The third-order valence-corrected chi connectivity index (χ3v) is 5.60. The van der Waals surface area contributed by atoms with Gasteiger partial charge in [0.15, 0.2) is 11.5 Å². The van der Waals surface area contributed by atoms with Crippen molar-refractivity contribution in [2.75, 3.05) is 20.8 Å². The summed E-state index contributed by atoms with van der Waals surface area (Å²) in [6.07, 6.45) is 0.766. The molecule has 0 spiro atoms. The molecule has 176 valence electrons. The lowest BCUT2D eigenvalue weighted by Crippen LogP contribution is -2.29. The Morgan fingerprint density at radius 2 is 1.74 bits per heavy atom. The van der Waals surface area contributed by atoms with Crippen LogP contribution < -0.4 is 19.5 Å². The highest BCUT2D eigenvalue weighted by atomic mass is 16.5. The van der Waals surface area contributed by atoms with E-state index in [9.17, 15) is 4.79 Å². The number of ether oxygens (including phenoxy) is 3. The van der Waals surface area contributed by atoms with Crippen LogP contribution in [0.3, 0.4) is 0 Å². The Hall–Kier alpha value is -4.00. The van der Waals surface area contributed by atoms with Crippen LogP contribution in [0.15, 0.2) is 72.8 Å². The van der Waals surface area contributed by atoms with Gasteiger partial charge in [0.1, 0.15) is 11.6 Å². The van der Waals surface area contributed by atoms with Gasteiger partial charge in [0.05, 0.1) is 37.9 Å². The van der Waals surface area contributed by atoms with Gasteiger partial charge in [0.25, 0.3) is 5.91 Å². The molecular formula is C27H29N3O4. The largest absolute Gasteiger partial charge is 0.497 e. The number of hydrogen-bond acceptors (Lipinski definition) is 5. The standard InChI is InChI=1S/C27H29N3O4/c1-19(28-27(31)20-10-8-11-21(18-20)32-2)26-29-22-12-4-5-13-23(22)30(26)16-9-17-34-25-15-7-6-14-24(25)33-3/h4-8,10-15,18-19H,9,16-17H2,1-3H3,(H,28,31). The average Bonchev–Trinajstić information content (AvgIpc) is 3.25. The molecule has 0 aliphatic heterocycles. The maximum atomic E-state index is 12.9. The van der Waals surface area contributed by atoms with Crippen molar-refractivity contribution in [3.05, 3.63) is 84.2 Å². The van der Waals surface area contributed by atoms with E-state index in [1.165, 1.54) is 0 Å². The van der Waals surface area contributed by atoms with E-state index in [-0.39, 0.29) is 11.9 Å². The van der Waals surface area contributed by atoms with Gasteiger partial charge < -0.3 is 24.1 Å². The van der Waals surface area contributed by atoms with E-state index >= 15 is 0 Å². The van der Waals surface area contributed by atoms with Crippen LogP contribution in [-0.4, -0.2) is 36.3 Å². The summed E-state index contributed by atoms with van der Waals surface area (Å²) in [7, 11) is 3.22. The lowest BCUT2D eigenvalue weighted by Gasteiger charge is -2.17. The molecule has 0 aliphatic rings. The van der Waals surface area contributed by atoms with E-state index in [0.29, 0.717) is 30.2 Å². The van der Waals surface area contributed by atoms with Crippen molar-refractivity contribution in [3.63, 3.8) is 0 Å². The second-order valence-corrected chi connectivity index (χ2v) is 7.89. The Morgan fingerprint density at radius 1 is 0.971 bits per heavy atom. The van der Waals surface area contributed by atoms with Gasteiger partial charge >= 0.3 is 0 Å². The molecule has 0 bridgehead atoms. The van der Waals surface area contributed by atoms with Gasteiger partial charge in [-0.15, -0.1) is 0 Å². The third kappa shape index (κ3) is 5.14. The van der Waals surface area contributed by atoms with Gasteiger partial charge in [0, 0.05) is 12.1 Å². The normalized spacial score (nSPS) is 11.7. The number of nitrogens with zero attached hydrogens (tertiary/aromatic N) is 2. The van der Waals surface area contributed by atoms with Crippen molar-refractivity contribution in [1.82, 2.24) is 14.9 Å². The van der Waals surface area contributed by atoms with Crippen LogP contribution >= 0.6 is 0 Å². The first-order chi connectivity index (χ1) is 16.6. The first-order valence-corrected chi connectivity index (χ1v) is 11.3. The number of carbonyl (C=O) groups is 1. The van der Waals surface area contributed by atoms with Gasteiger partial charge in [-0.1, -0.05) is 30.3 Å². The van der Waals surface area contributed by atoms with E-state index in [1.807, 2.05) is 61.5 Å². The van der Waals surface area contributed by atoms with E-state index in [0.717, 1.165) is 29.0 Å². The number of methoxy groups -OCH3 is 2. The molecule has 7 nitrogen and oxygen atoms in total. The molecule has 0 saturated heterocycles. The molecule has 1 heterocycles. The summed E-state index contributed by atoms with van der Waals surface area (Å²) >= 11 is 0. The quantitative estimate of drug-likeness (QED) is 0.337. The van der Waals surface area contributed by atoms with Crippen LogP contribution in [0.4, 0.5) is 0 Å². The summed E-state index contributed by atoms with van der Waals surface area (Å²) in [5.74, 6) is 2.70. The van der Waals surface area contributed by atoms with Crippen LogP contribution in [0.1, 0.15) is 35.6 Å². The molecule has 0 saturated carbocycles. The summed E-state index contributed by atoms with van der Waals surface area (Å²) in [6.45, 7) is 3.17. The van der Waals surface area contributed by atoms with Crippen LogP contribution in [0.5, 0.6) is 17.2 Å². The maximum absolute atomic E-state index is 12.9. The zero-order valence-electron chi connectivity index (χ0n) is 19.7. The zero-order valence-corrected chi connectivity index (χ0v) is 19.7. The van der Waals surface area contributed by atoms with Crippen molar-refractivity contribution in [1.29, 1.82) is 0 Å². The van der Waals surface area contributed by atoms with Gasteiger partial charge in [-0.2, -0.15) is 0 Å². The van der Waals surface area contributed by atoms with E-state index in [2.05, 4.69) is 9.88 Å². The van der Waals surface area contributed by atoms with Crippen LogP contribution in [0.2, 0.25) is 0 Å². The average molecular weight is 460 g/mol. The van der Waals surface area contributed by atoms with Crippen molar-refractivity contribution in [2.24, 2.45) is 0 Å². The Labute approximate surface area is 199 Å². The molecule has 3 aromatic carbocycles. The predicted octanol–water partition coefficient (Wildman–Crippen LogP) is 5.01. The van der Waals surface area contributed by atoms with Crippen molar-refractivity contribution in [2.45, 2.75) is 25.9 Å². The Bertz CT molecular complexity index is 1270. The molecule has 1 atom stereocenters. The molecule has 4 rings (SSSR count). The number of benzene rings is 3. The van der Waals surface area contributed by atoms with E-state index < -0.39 is 0 Å². The van der Waals surface area contributed by atoms with Gasteiger partial charge in [-0.05, 0) is 55.8 Å². The number of amides is 1. The van der Waals surface area contributed by atoms with Gasteiger partial charge in [-0.3, -0.25) is 4.79 Å². The Kier molecular flexibility index (Phi) is 7.32. The second kappa shape index (κ2) is 10.7. The van der Waals surface area contributed by atoms with Crippen molar-refractivity contribution >= 4 is 16.9 Å². The van der Waals surface area contributed by atoms with E-state index in [4.69, 9.17) is 19.2 Å². The van der Waals surface area contributed by atoms with Crippen molar-refractivity contribution in [3.8, 4) is 17.2 Å². The highest BCUT2D eigenvalue weighted by Gasteiger charge is 2.19. The third-order valence-electron chi connectivity index (χ3n) is 5.60. The molecule has 0 aliphatic carbocycles. The number of aryl methyl sites for hydroxylation is 1. The molecule has 0 radical (unpaired) electrons. The fourth-order valence-electron chi connectivity index (χ4n) is 3.91. The molecule has 34 heavy (non-hydrogen) atoms. The number of nitrogens with one attached hydrogen (secondary N) is 1. The number of rotatable bonds is 10. The highest BCUT2D eigenvalue weighted by molar-refractivity contribution is 5.94. The van der Waals surface area contributed by atoms with Crippen LogP contribution in [0, 0.1) is 0 Å². The fourth-order valence-corrected chi connectivity index (χ4v) is 3.91. The molecular weight excluding hydrogens is 430 g/mol. The van der Waals surface area contributed by atoms with Crippen LogP contribution in [0.25, 0.3) is 11.0 Å². The molecule has 0 fully saturated rings. The molecule has 1 amide bonds. The Balaban J connectivity index is 1.48. The molecule has 4 aromatic rings. The van der Waals surface area contributed by atoms with Crippen molar-refractivity contribution < 1.29 is 19.0 Å². The lowest BCUT2D eigenvalue weighted by molar-refractivity contribution is 0.0937. The first kappa shape index (κ1) is 23.2. The van der Waals surface area contributed by atoms with Gasteiger partial charge in [-0.25, -0.2) is 4.98 Å². The summed E-state index contributed by atoms with van der Waals surface area (Å²) in [5, 5.41) is 3.07. The number of aromatic nitrogens is 2. The summed E-state index contributed by atoms with van der Waals surface area (Å²) in [4.78, 5) is 17.7. The minimum Gasteiger partial charge on any atom is -0.497 e. The molecule has 1 N–H and O–H groups in total. The molecule has 1 unspecified atom stereocenters. The minimum absolute atomic E-state index is 0.176. The van der Waals surface area contributed by atoms with Gasteiger partial charge in [0.2, 0.25) is 0 Å². The number of fused-ring (bicyclic) bond motifs is 1. The summed E-state index contributed by atoms with van der Waals surface area (Å²) in [5.41, 5.74) is 2.46. The maximum Gasteiger partial charge on any atom is 0.251 e. The zero-order chi connectivity index (χ0) is 23.9. The highest BCUT2D eigenvalue weighted by Crippen LogP contribution is 2.26. The number of imidazole rings is 1. The molecule has 1 aromatic heterocycles. The predicted molar refractivity (Wildman–Crippen MR) is 132 cm³/mol. The smallest absolute Gasteiger partial charge is 0.251 e. The topological polar surface area (TPSA) is 74.6 Å². The minimum atomic E-state index is -0.291. The summed E-state index contributed by atoms with van der Waals surface area (Å²) < 4.78 is 18.7. The monoisotopic (exact) mass is 459 g/mol.